The molecule has 1 amide bonds. The second-order valence-corrected chi connectivity index (χ2v) is 7.22. The number of amides is 1. The summed E-state index contributed by atoms with van der Waals surface area (Å²) in [7, 11) is 0. The lowest BCUT2D eigenvalue weighted by Gasteiger charge is -2.39. The number of carbonyl (C=O) groups is 1. The van der Waals surface area contributed by atoms with Crippen molar-refractivity contribution in [3.63, 3.8) is 0 Å². The first kappa shape index (κ1) is 15.6. The van der Waals surface area contributed by atoms with Crippen molar-refractivity contribution in [3.05, 3.63) is 27.3 Å². The van der Waals surface area contributed by atoms with Gasteiger partial charge in [-0.2, -0.15) is 0 Å². The van der Waals surface area contributed by atoms with Gasteiger partial charge in [-0.25, -0.2) is 0 Å². The van der Waals surface area contributed by atoms with Crippen molar-refractivity contribution in [2.45, 2.75) is 32.7 Å². The minimum absolute atomic E-state index is 0.0266. The smallest absolute Gasteiger partial charge is 0.255 e. The van der Waals surface area contributed by atoms with Gasteiger partial charge in [0.2, 0.25) is 0 Å². The number of phenols is 1. The molecule has 3 N–H and O–H groups in total. The first-order valence-electron chi connectivity index (χ1n) is 6.90. The zero-order chi connectivity index (χ0) is 14.8. The number of aromatic hydroxyl groups is 1. The topological polar surface area (TPSA) is 61.4 Å². The monoisotopic (exact) mass is 388 g/mol. The summed E-state index contributed by atoms with van der Waals surface area (Å²) in [5.41, 5.74) is 0.518. The SMILES string of the molecule is CC1(C)CCCNC1CNC(=O)c1cc(I)ccc1O. The van der Waals surface area contributed by atoms with E-state index >= 15 is 0 Å². The van der Waals surface area contributed by atoms with Gasteiger partial charge in [-0.3, -0.25) is 4.79 Å². The molecular weight excluding hydrogens is 367 g/mol. The zero-order valence-electron chi connectivity index (χ0n) is 11.9. The molecule has 0 spiro atoms. The summed E-state index contributed by atoms with van der Waals surface area (Å²) in [5.74, 6) is -0.192. The molecule has 1 heterocycles. The molecule has 0 aromatic heterocycles. The number of halogens is 1. The van der Waals surface area contributed by atoms with Crippen LogP contribution in [0.2, 0.25) is 0 Å². The number of hydrogen-bond acceptors (Lipinski definition) is 3. The van der Waals surface area contributed by atoms with Crippen LogP contribution >= 0.6 is 22.6 Å². The Morgan fingerprint density at radius 2 is 2.30 bits per heavy atom. The highest BCUT2D eigenvalue weighted by Crippen LogP contribution is 2.29. The summed E-state index contributed by atoms with van der Waals surface area (Å²) in [6, 6.07) is 5.30. The fourth-order valence-electron chi connectivity index (χ4n) is 2.60. The number of hydrogen-bond donors (Lipinski definition) is 3. The molecule has 20 heavy (non-hydrogen) atoms. The van der Waals surface area contributed by atoms with Gasteiger partial charge in [0.25, 0.3) is 5.91 Å². The van der Waals surface area contributed by atoms with Gasteiger partial charge < -0.3 is 15.7 Å². The van der Waals surface area contributed by atoms with Gasteiger partial charge in [0.1, 0.15) is 5.75 Å². The second-order valence-electron chi connectivity index (χ2n) is 5.97. The predicted molar refractivity (Wildman–Crippen MR) is 88.0 cm³/mol. The Bertz CT molecular complexity index is 503. The molecule has 1 aliphatic heterocycles. The lowest BCUT2D eigenvalue weighted by atomic mass is 9.77. The number of nitrogens with one attached hydrogen (secondary N) is 2. The molecule has 1 fully saturated rings. The van der Waals surface area contributed by atoms with Crippen LogP contribution in [0.15, 0.2) is 18.2 Å². The van der Waals surface area contributed by atoms with Crippen LogP contribution in [0.25, 0.3) is 0 Å². The summed E-state index contributed by atoms with van der Waals surface area (Å²) in [5, 5.41) is 16.2. The van der Waals surface area contributed by atoms with Gasteiger partial charge in [0.05, 0.1) is 5.56 Å². The van der Waals surface area contributed by atoms with Gasteiger partial charge in [0.15, 0.2) is 0 Å². The first-order valence-corrected chi connectivity index (χ1v) is 7.98. The fraction of sp³-hybridized carbons (Fsp3) is 0.533. The molecule has 2 rings (SSSR count). The van der Waals surface area contributed by atoms with Crippen LogP contribution in [0.4, 0.5) is 0 Å². The van der Waals surface area contributed by atoms with E-state index in [1.54, 1.807) is 18.2 Å². The summed E-state index contributed by atoms with van der Waals surface area (Å²) >= 11 is 2.13. The molecule has 1 aromatic rings. The van der Waals surface area contributed by atoms with E-state index in [2.05, 4.69) is 47.1 Å². The van der Waals surface area contributed by atoms with E-state index in [4.69, 9.17) is 0 Å². The van der Waals surface area contributed by atoms with Crippen molar-refractivity contribution in [2.24, 2.45) is 5.41 Å². The van der Waals surface area contributed by atoms with Gasteiger partial charge in [-0.15, -0.1) is 0 Å². The van der Waals surface area contributed by atoms with E-state index in [-0.39, 0.29) is 23.1 Å². The summed E-state index contributed by atoms with van der Waals surface area (Å²) in [4.78, 5) is 12.2. The van der Waals surface area contributed by atoms with Crippen LogP contribution in [0.3, 0.4) is 0 Å². The third kappa shape index (κ3) is 3.63. The molecule has 5 heteroatoms. The molecule has 0 bridgehead atoms. The maximum atomic E-state index is 12.2. The predicted octanol–water partition coefficient (Wildman–Crippen LogP) is 2.50. The lowest BCUT2D eigenvalue weighted by Crippen LogP contribution is -2.52. The van der Waals surface area contributed by atoms with Crippen molar-refractivity contribution in [2.75, 3.05) is 13.1 Å². The molecule has 1 unspecified atom stereocenters. The van der Waals surface area contributed by atoms with Crippen LogP contribution < -0.4 is 10.6 Å². The number of rotatable bonds is 3. The van der Waals surface area contributed by atoms with E-state index < -0.39 is 0 Å². The third-order valence-electron chi connectivity index (χ3n) is 4.00. The number of piperidine rings is 1. The molecule has 0 saturated carbocycles. The van der Waals surface area contributed by atoms with Gasteiger partial charge >= 0.3 is 0 Å². The quantitative estimate of drug-likeness (QED) is 0.698. The average Bonchev–Trinajstić information content (AvgIpc) is 2.39. The second kappa shape index (κ2) is 6.30. The fourth-order valence-corrected chi connectivity index (χ4v) is 3.09. The normalized spacial score (nSPS) is 21.4. The highest BCUT2D eigenvalue weighted by Gasteiger charge is 2.32. The minimum atomic E-state index is -0.218. The molecule has 1 atom stereocenters. The van der Waals surface area contributed by atoms with E-state index in [1.807, 2.05) is 0 Å². The van der Waals surface area contributed by atoms with Crippen molar-refractivity contribution in [1.82, 2.24) is 10.6 Å². The Labute approximate surface area is 133 Å². The maximum Gasteiger partial charge on any atom is 0.255 e. The van der Waals surface area contributed by atoms with Crippen LogP contribution in [0, 0.1) is 8.99 Å². The Hall–Kier alpha value is -0.820. The summed E-state index contributed by atoms with van der Waals surface area (Å²) in [6.45, 7) is 6.02. The van der Waals surface area contributed by atoms with Crippen molar-refractivity contribution < 1.29 is 9.90 Å². The maximum absolute atomic E-state index is 12.2. The number of phenolic OH excluding ortho intramolecular Hbond substituents is 1. The molecule has 4 nitrogen and oxygen atoms in total. The van der Waals surface area contributed by atoms with Crippen LogP contribution in [-0.2, 0) is 0 Å². The molecule has 1 saturated heterocycles. The van der Waals surface area contributed by atoms with Crippen LogP contribution in [-0.4, -0.2) is 30.1 Å². The summed E-state index contributed by atoms with van der Waals surface area (Å²) < 4.78 is 0.932. The van der Waals surface area contributed by atoms with Gasteiger partial charge in [0, 0.05) is 16.2 Å². The number of benzene rings is 1. The molecule has 1 aliphatic rings. The van der Waals surface area contributed by atoms with Crippen molar-refractivity contribution in [3.8, 4) is 5.75 Å². The van der Waals surface area contributed by atoms with Crippen LogP contribution in [0.1, 0.15) is 37.0 Å². The molecular formula is C15H21IN2O2. The van der Waals surface area contributed by atoms with E-state index in [0.29, 0.717) is 12.1 Å². The van der Waals surface area contributed by atoms with Crippen LogP contribution in [0.5, 0.6) is 5.75 Å². The Morgan fingerprint density at radius 1 is 1.55 bits per heavy atom. The average molecular weight is 388 g/mol. The first-order chi connectivity index (χ1) is 9.40. The van der Waals surface area contributed by atoms with Gasteiger partial charge in [-0.05, 0) is 65.6 Å². The zero-order valence-corrected chi connectivity index (χ0v) is 14.0. The van der Waals surface area contributed by atoms with Crippen molar-refractivity contribution in [1.29, 1.82) is 0 Å². The third-order valence-corrected chi connectivity index (χ3v) is 4.67. The van der Waals surface area contributed by atoms with E-state index in [0.717, 1.165) is 16.5 Å². The Morgan fingerprint density at radius 3 is 3.00 bits per heavy atom. The van der Waals surface area contributed by atoms with Gasteiger partial charge in [-0.1, -0.05) is 13.8 Å². The summed E-state index contributed by atoms with van der Waals surface area (Å²) in [6.07, 6.45) is 2.34. The highest BCUT2D eigenvalue weighted by atomic mass is 127. The molecule has 0 aliphatic carbocycles. The standard InChI is InChI=1S/C15H21IN2O2/c1-15(2)6-3-7-17-13(15)9-18-14(20)11-8-10(16)4-5-12(11)19/h4-5,8,13,17,19H,3,6-7,9H2,1-2H3,(H,18,20). The highest BCUT2D eigenvalue weighted by molar-refractivity contribution is 14.1. The van der Waals surface area contributed by atoms with E-state index in [1.165, 1.54) is 6.42 Å². The molecule has 110 valence electrons. The Balaban J connectivity index is 2.00. The van der Waals surface area contributed by atoms with E-state index in [9.17, 15) is 9.90 Å². The van der Waals surface area contributed by atoms with Crippen molar-refractivity contribution >= 4 is 28.5 Å². The molecule has 0 radical (unpaired) electrons. The lowest BCUT2D eigenvalue weighted by molar-refractivity contribution is 0.0926. The minimum Gasteiger partial charge on any atom is -0.507 e. The number of carbonyl (C=O) groups excluding carboxylic acids is 1. The Kier molecular flexibility index (Phi) is 4.90. The molecule has 1 aromatic carbocycles. The largest absolute Gasteiger partial charge is 0.507 e.